The van der Waals surface area contributed by atoms with E-state index in [1.54, 1.807) is 0 Å². The van der Waals surface area contributed by atoms with E-state index in [-0.39, 0.29) is 28.8 Å². The molecule has 0 bridgehead atoms. The van der Waals surface area contributed by atoms with Gasteiger partial charge in [0.2, 0.25) is 17.5 Å². The lowest BCUT2D eigenvalue weighted by atomic mass is 9.83. The summed E-state index contributed by atoms with van der Waals surface area (Å²) in [4.78, 5) is 40.6. The first-order valence-electron chi connectivity index (χ1n) is 14.6. The molecule has 2 aliphatic carbocycles. The van der Waals surface area contributed by atoms with Gasteiger partial charge >= 0.3 is 0 Å². The quantitative estimate of drug-likeness (QED) is 0.371. The number of ether oxygens (including phenoxy) is 1. The molecule has 38 heavy (non-hydrogen) atoms. The summed E-state index contributed by atoms with van der Waals surface area (Å²) in [5, 5.41) is 3.73. The number of rotatable bonds is 9. The summed E-state index contributed by atoms with van der Waals surface area (Å²) in [6.45, 7) is 7.45. The van der Waals surface area contributed by atoms with Gasteiger partial charge in [0.25, 0.3) is 0 Å². The van der Waals surface area contributed by atoms with Crippen molar-refractivity contribution in [1.82, 2.24) is 20.2 Å². The number of carbonyl (C=O) groups excluding carboxylic acids is 2. The average molecular weight is 525 g/mol. The number of hydrogen-bond acceptors (Lipinski definition) is 9. The van der Waals surface area contributed by atoms with Crippen molar-refractivity contribution in [3.63, 3.8) is 0 Å². The molecule has 1 spiro atoms. The lowest BCUT2D eigenvalue weighted by molar-refractivity contribution is -0.123. The zero-order valence-electron chi connectivity index (χ0n) is 23.3. The fourth-order valence-corrected chi connectivity index (χ4v) is 6.42. The van der Waals surface area contributed by atoms with Crippen molar-refractivity contribution in [3.05, 3.63) is 23.2 Å². The van der Waals surface area contributed by atoms with E-state index in [2.05, 4.69) is 34.1 Å². The lowest BCUT2D eigenvalue weighted by Crippen LogP contribution is -2.57. The molecule has 9 nitrogen and oxygen atoms in total. The van der Waals surface area contributed by atoms with Crippen molar-refractivity contribution in [1.29, 1.82) is 0 Å². The maximum Gasteiger partial charge on any atom is 0.228 e. The van der Waals surface area contributed by atoms with Crippen LogP contribution in [0.15, 0.2) is 17.3 Å². The SMILES string of the molecule is CCCC(C(=O)c1nc(OC[C@@H]2CCCN2C)cc(N2C[C@H](C)NC3(CC3)C2)n1)=C(N)[C@H]1CCCCC1=O. The van der Waals surface area contributed by atoms with Gasteiger partial charge in [-0.05, 0) is 65.5 Å². The summed E-state index contributed by atoms with van der Waals surface area (Å²) in [5.74, 6) is 0.743. The summed E-state index contributed by atoms with van der Waals surface area (Å²) in [7, 11) is 2.12. The highest BCUT2D eigenvalue weighted by molar-refractivity contribution is 6.07. The standard InChI is InChI=1S/C29H44N6O3/c1-4-8-22(26(30)21-10-5-6-11-23(21)36)27(37)28-31-24(35-16-19(2)33-29(18-35)12-13-29)15-25(32-28)38-17-20-9-7-14-34(20)3/h15,19-21,33H,4-14,16-18,30H2,1-3H3/t19-,20-,21-/m0/s1. The van der Waals surface area contributed by atoms with Gasteiger partial charge in [-0.15, -0.1) is 0 Å². The van der Waals surface area contributed by atoms with Crippen molar-refractivity contribution in [2.24, 2.45) is 11.7 Å². The van der Waals surface area contributed by atoms with Gasteiger partial charge in [0, 0.05) is 54.5 Å². The third-order valence-electron chi connectivity index (χ3n) is 8.76. The number of carbonyl (C=O) groups is 2. The van der Waals surface area contributed by atoms with Crippen molar-refractivity contribution in [3.8, 4) is 5.88 Å². The van der Waals surface area contributed by atoms with Gasteiger partial charge in [0.1, 0.15) is 18.2 Å². The zero-order chi connectivity index (χ0) is 26.9. The van der Waals surface area contributed by atoms with E-state index in [0.29, 0.717) is 55.1 Å². The second kappa shape index (κ2) is 11.3. The van der Waals surface area contributed by atoms with Gasteiger partial charge < -0.3 is 25.6 Å². The monoisotopic (exact) mass is 524 g/mol. The number of nitrogens with zero attached hydrogens (tertiary/aromatic N) is 4. The maximum absolute atomic E-state index is 14.0. The largest absolute Gasteiger partial charge is 0.476 e. The molecule has 9 heteroatoms. The molecule has 208 valence electrons. The number of aromatic nitrogens is 2. The molecule has 5 rings (SSSR count). The number of hydrogen-bond donors (Lipinski definition) is 2. The molecular formula is C29H44N6O3. The van der Waals surface area contributed by atoms with Crippen LogP contribution in [0.2, 0.25) is 0 Å². The minimum atomic E-state index is -0.380. The molecule has 3 heterocycles. The number of ketones is 2. The molecule has 2 aliphatic heterocycles. The van der Waals surface area contributed by atoms with Crippen molar-refractivity contribution < 1.29 is 14.3 Å². The van der Waals surface area contributed by atoms with Crippen LogP contribution in [0.5, 0.6) is 5.88 Å². The molecule has 2 saturated carbocycles. The van der Waals surface area contributed by atoms with Crippen LogP contribution in [0.1, 0.15) is 88.7 Å². The van der Waals surface area contributed by atoms with Crippen LogP contribution in [0.25, 0.3) is 0 Å². The summed E-state index contributed by atoms with van der Waals surface area (Å²) in [6.07, 6.45) is 8.88. The Hall–Kier alpha value is -2.52. The topological polar surface area (TPSA) is 114 Å². The lowest BCUT2D eigenvalue weighted by Gasteiger charge is -2.39. The number of nitrogens with one attached hydrogen (secondary N) is 1. The molecule has 3 N–H and O–H groups in total. The van der Waals surface area contributed by atoms with Crippen molar-refractivity contribution in [2.75, 3.05) is 38.2 Å². The Morgan fingerprint density at radius 3 is 2.74 bits per heavy atom. The van der Waals surface area contributed by atoms with Gasteiger partial charge in [0.15, 0.2) is 0 Å². The number of nitrogens with two attached hydrogens (primary N) is 1. The first-order valence-corrected chi connectivity index (χ1v) is 14.6. The third kappa shape index (κ3) is 5.88. The van der Waals surface area contributed by atoms with E-state index in [9.17, 15) is 9.59 Å². The van der Waals surface area contributed by atoms with Crippen LogP contribution in [0.4, 0.5) is 5.82 Å². The van der Waals surface area contributed by atoms with Crippen molar-refractivity contribution >= 4 is 17.4 Å². The van der Waals surface area contributed by atoms with Crippen molar-refractivity contribution in [2.45, 2.75) is 95.7 Å². The van der Waals surface area contributed by atoms with Gasteiger partial charge in [-0.1, -0.05) is 19.8 Å². The van der Waals surface area contributed by atoms with Gasteiger partial charge in [-0.2, -0.15) is 4.98 Å². The number of allylic oxidation sites excluding steroid dienone is 2. The summed E-state index contributed by atoms with van der Waals surface area (Å²) in [5.41, 5.74) is 7.61. The fourth-order valence-electron chi connectivity index (χ4n) is 6.42. The predicted octanol–water partition coefficient (Wildman–Crippen LogP) is 3.24. The molecule has 3 atom stereocenters. The average Bonchev–Trinajstić information content (AvgIpc) is 3.50. The first kappa shape index (κ1) is 27.1. The molecular weight excluding hydrogens is 480 g/mol. The van der Waals surface area contributed by atoms with Crippen LogP contribution in [0.3, 0.4) is 0 Å². The molecule has 2 saturated heterocycles. The zero-order valence-corrected chi connectivity index (χ0v) is 23.3. The number of Topliss-reactive ketones (excluding diaryl/α,β-unsaturated/α-hetero) is 2. The smallest absolute Gasteiger partial charge is 0.228 e. The van der Waals surface area contributed by atoms with Crippen LogP contribution in [-0.2, 0) is 4.79 Å². The second-order valence-electron chi connectivity index (χ2n) is 12.0. The summed E-state index contributed by atoms with van der Waals surface area (Å²) < 4.78 is 6.22. The third-order valence-corrected chi connectivity index (χ3v) is 8.76. The Balaban J connectivity index is 1.47. The van der Waals surface area contributed by atoms with Crippen LogP contribution in [-0.4, -0.2) is 77.3 Å². The van der Waals surface area contributed by atoms with E-state index in [4.69, 9.17) is 15.5 Å². The number of likely N-dealkylation sites (N-methyl/N-ethyl adjacent to an activating group) is 1. The summed E-state index contributed by atoms with van der Waals surface area (Å²) >= 11 is 0. The number of likely N-dealkylation sites (tertiary alicyclic amines) is 1. The molecule has 0 radical (unpaired) electrons. The summed E-state index contributed by atoms with van der Waals surface area (Å²) in [6, 6.07) is 2.54. The first-order chi connectivity index (χ1) is 18.3. The Morgan fingerprint density at radius 1 is 1.24 bits per heavy atom. The van der Waals surface area contributed by atoms with Gasteiger partial charge in [-0.3, -0.25) is 9.59 Å². The Labute approximate surface area is 226 Å². The minimum absolute atomic E-state index is 0.114. The number of anilines is 1. The van der Waals surface area contributed by atoms with Crippen LogP contribution in [0, 0.1) is 5.92 Å². The predicted molar refractivity (Wildman–Crippen MR) is 147 cm³/mol. The molecule has 1 aromatic heterocycles. The van der Waals surface area contributed by atoms with E-state index < -0.39 is 0 Å². The van der Waals surface area contributed by atoms with Gasteiger partial charge in [0.05, 0.1) is 5.92 Å². The minimum Gasteiger partial charge on any atom is -0.476 e. The molecule has 0 aromatic carbocycles. The van der Waals surface area contributed by atoms with E-state index in [0.717, 1.165) is 70.4 Å². The molecule has 0 amide bonds. The molecule has 4 fully saturated rings. The van der Waals surface area contributed by atoms with Crippen LogP contribution < -0.4 is 20.7 Å². The second-order valence-corrected chi connectivity index (χ2v) is 12.0. The van der Waals surface area contributed by atoms with E-state index in [1.165, 1.54) is 0 Å². The highest BCUT2D eigenvalue weighted by atomic mass is 16.5. The normalized spacial score (nSPS) is 27.9. The highest BCUT2D eigenvalue weighted by Gasteiger charge is 2.48. The Morgan fingerprint density at radius 2 is 2.05 bits per heavy atom. The highest BCUT2D eigenvalue weighted by Crippen LogP contribution is 2.40. The molecule has 4 aliphatic rings. The van der Waals surface area contributed by atoms with E-state index in [1.807, 2.05) is 13.0 Å². The Kier molecular flexibility index (Phi) is 8.05. The van der Waals surface area contributed by atoms with Gasteiger partial charge in [-0.25, -0.2) is 4.98 Å². The molecule has 0 unspecified atom stereocenters. The maximum atomic E-state index is 14.0. The molecule has 1 aromatic rings. The fraction of sp³-hybridized carbons (Fsp3) is 0.724. The Bertz CT molecular complexity index is 1080. The van der Waals surface area contributed by atoms with Crippen LogP contribution >= 0.6 is 0 Å². The number of piperazine rings is 1. The van der Waals surface area contributed by atoms with E-state index >= 15 is 0 Å².